The van der Waals surface area contributed by atoms with Crippen molar-refractivity contribution in [3.8, 4) is 5.75 Å². The Bertz CT molecular complexity index is 796. The van der Waals surface area contributed by atoms with Crippen LogP contribution in [0.15, 0.2) is 48.5 Å². The van der Waals surface area contributed by atoms with Gasteiger partial charge < -0.3 is 15.0 Å². The molecule has 0 aliphatic heterocycles. The van der Waals surface area contributed by atoms with E-state index >= 15 is 0 Å². The average molecular weight is 387 g/mol. The van der Waals surface area contributed by atoms with Gasteiger partial charge in [0, 0.05) is 24.8 Å². The van der Waals surface area contributed by atoms with Gasteiger partial charge >= 0.3 is 0 Å². The van der Waals surface area contributed by atoms with Crippen LogP contribution < -0.4 is 10.1 Å². The fourth-order valence-electron chi connectivity index (χ4n) is 2.64. The second-order valence-corrected chi connectivity index (χ2v) is 6.42. The molecule has 2 rings (SSSR count). The van der Waals surface area contributed by atoms with Crippen LogP contribution in [-0.4, -0.2) is 55.4 Å². The number of hydrogen-bond acceptors (Lipinski definition) is 4. The molecule has 150 valence electrons. The maximum Gasteiger partial charge on any atom is 0.238 e. The Morgan fingerprint density at radius 1 is 1.07 bits per heavy atom. The minimum Gasteiger partial charge on any atom is -0.497 e. The van der Waals surface area contributed by atoms with E-state index in [1.807, 2.05) is 6.92 Å². The van der Waals surface area contributed by atoms with Crippen LogP contribution >= 0.6 is 0 Å². The van der Waals surface area contributed by atoms with Crippen molar-refractivity contribution in [3.63, 3.8) is 0 Å². The normalized spacial score (nSPS) is 10.6. The zero-order valence-corrected chi connectivity index (χ0v) is 16.4. The standard InChI is InChI=1S/C21H26FN3O3/c1-4-25(14-20(26)23-17-9-11-18(28-3)12-10-17)15-21(27)24(2)13-16-7-5-6-8-19(16)22/h5-12H,4,13-15H2,1-3H3,(H,23,26). The quantitative estimate of drug-likeness (QED) is 0.719. The van der Waals surface area contributed by atoms with Crippen LogP contribution in [0.1, 0.15) is 12.5 Å². The third-order valence-electron chi connectivity index (χ3n) is 4.34. The maximum absolute atomic E-state index is 13.8. The summed E-state index contributed by atoms with van der Waals surface area (Å²) in [7, 11) is 3.20. The fraction of sp³-hybridized carbons (Fsp3) is 0.333. The number of nitrogens with one attached hydrogen (secondary N) is 1. The number of carbonyl (C=O) groups excluding carboxylic acids is 2. The second kappa shape index (κ2) is 10.4. The Morgan fingerprint density at radius 2 is 1.75 bits per heavy atom. The zero-order valence-electron chi connectivity index (χ0n) is 16.4. The summed E-state index contributed by atoms with van der Waals surface area (Å²) in [5.41, 5.74) is 1.11. The lowest BCUT2D eigenvalue weighted by atomic mass is 10.2. The van der Waals surface area contributed by atoms with Gasteiger partial charge in [0.15, 0.2) is 0 Å². The third kappa shape index (κ3) is 6.35. The van der Waals surface area contributed by atoms with Crippen molar-refractivity contribution in [2.45, 2.75) is 13.5 Å². The number of ether oxygens (including phenoxy) is 1. The van der Waals surface area contributed by atoms with E-state index in [1.165, 1.54) is 11.0 Å². The Hall–Kier alpha value is -2.93. The van der Waals surface area contributed by atoms with Gasteiger partial charge in [-0.1, -0.05) is 25.1 Å². The molecule has 2 aromatic carbocycles. The van der Waals surface area contributed by atoms with Crippen LogP contribution in [0.25, 0.3) is 0 Å². The number of benzene rings is 2. The number of carbonyl (C=O) groups is 2. The number of rotatable bonds is 9. The van der Waals surface area contributed by atoms with Crippen LogP contribution in [0.5, 0.6) is 5.75 Å². The first-order valence-corrected chi connectivity index (χ1v) is 9.06. The lowest BCUT2D eigenvalue weighted by Crippen LogP contribution is -2.41. The summed E-state index contributed by atoms with van der Waals surface area (Å²) in [6.45, 7) is 2.76. The molecule has 0 radical (unpaired) electrons. The number of hydrogen-bond donors (Lipinski definition) is 1. The summed E-state index contributed by atoms with van der Waals surface area (Å²) in [5, 5.41) is 2.80. The van der Waals surface area contributed by atoms with Gasteiger partial charge in [0.2, 0.25) is 11.8 Å². The fourth-order valence-corrected chi connectivity index (χ4v) is 2.64. The number of nitrogens with zero attached hydrogens (tertiary/aromatic N) is 2. The summed E-state index contributed by atoms with van der Waals surface area (Å²) in [6.07, 6.45) is 0. The van der Waals surface area contributed by atoms with E-state index in [-0.39, 0.29) is 37.3 Å². The Balaban J connectivity index is 1.86. The smallest absolute Gasteiger partial charge is 0.238 e. The van der Waals surface area contributed by atoms with Crippen LogP contribution in [0.4, 0.5) is 10.1 Å². The van der Waals surface area contributed by atoms with Gasteiger partial charge in [0.05, 0.1) is 20.2 Å². The largest absolute Gasteiger partial charge is 0.497 e. The molecule has 2 amide bonds. The van der Waals surface area contributed by atoms with Gasteiger partial charge in [0.1, 0.15) is 11.6 Å². The highest BCUT2D eigenvalue weighted by molar-refractivity contribution is 5.92. The molecule has 0 spiro atoms. The van der Waals surface area contributed by atoms with Gasteiger partial charge in [-0.2, -0.15) is 0 Å². The highest BCUT2D eigenvalue weighted by Gasteiger charge is 2.17. The van der Waals surface area contributed by atoms with Gasteiger partial charge in [-0.3, -0.25) is 14.5 Å². The van der Waals surface area contributed by atoms with E-state index in [0.29, 0.717) is 23.5 Å². The van der Waals surface area contributed by atoms with E-state index < -0.39 is 0 Å². The molecule has 0 aromatic heterocycles. The molecule has 7 heteroatoms. The second-order valence-electron chi connectivity index (χ2n) is 6.42. The van der Waals surface area contributed by atoms with Crippen LogP contribution in [-0.2, 0) is 16.1 Å². The van der Waals surface area contributed by atoms with E-state index in [0.717, 1.165) is 0 Å². The van der Waals surface area contributed by atoms with Gasteiger partial charge in [-0.05, 0) is 36.9 Å². The van der Waals surface area contributed by atoms with Crippen molar-refractivity contribution in [1.82, 2.24) is 9.80 Å². The Kier molecular flexibility index (Phi) is 7.95. The molecular formula is C21H26FN3O3. The molecule has 0 unspecified atom stereocenters. The molecule has 1 N–H and O–H groups in total. The lowest BCUT2D eigenvalue weighted by molar-refractivity contribution is -0.132. The predicted molar refractivity (Wildman–Crippen MR) is 107 cm³/mol. The van der Waals surface area contributed by atoms with Gasteiger partial charge in [-0.15, -0.1) is 0 Å². The maximum atomic E-state index is 13.8. The number of amides is 2. The minimum absolute atomic E-state index is 0.0808. The molecule has 6 nitrogen and oxygen atoms in total. The van der Waals surface area contributed by atoms with Gasteiger partial charge in [-0.25, -0.2) is 4.39 Å². The molecule has 0 saturated heterocycles. The summed E-state index contributed by atoms with van der Waals surface area (Å²) in [6, 6.07) is 13.4. The van der Waals surface area contributed by atoms with E-state index in [9.17, 15) is 14.0 Å². The monoisotopic (exact) mass is 387 g/mol. The first-order chi connectivity index (χ1) is 13.4. The molecular weight excluding hydrogens is 361 g/mol. The molecule has 0 fully saturated rings. The highest BCUT2D eigenvalue weighted by atomic mass is 19.1. The van der Waals surface area contributed by atoms with E-state index in [1.54, 1.807) is 61.5 Å². The lowest BCUT2D eigenvalue weighted by Gasteiger charge is -2.24. The minimum atomic E-state index is -0.339. The number of methoxy groups -OCH3 is 1. The average Bonchev–Trinajstić information content (AvgIpc) is 2.69. The Morgan fingerprint density at radius 3 is 2.36 bits per heavy atom. The number of likely N-dealkylation sites (N-methyl/N-ethyl adjacent to an activating group) is 2. The summed E-state index contributed by atoms with van der Waals surface area (Å²) in [5.74, 6) is -0.0241. The molecule has 0 heterocycles. The van der Waals surface area contributed by atoms with Crippen LogP contribution in [0.3, 0.4) is 0 Å². The van der Waals surface area contributed by atoms with E-state index in [4.69, 9.17) is 4.74 Å². The molecule has 0 bridgehead atoms. The summed E-state index contributed by atoms with van der Waals surface area (Å²) >= 11 is 0. The first kappa shape index (κ1) is 21.4. The van der Waals surface area contributed by atoms with Crippen molar-refractivity contribution < 1.29 is 18.7 Å². The van der Waals surface area contributed by atoms with Crippen molar-refractivity contribution in [2.75, 3.05) is 39.1 Å². The summed E-state index contributed by atoms with van der Waals surface area (Å²) < 4.78 is 18.8. The van der Waals surface area contributed by atoms with Gasteiger partial charge in [0.25, 0.3) is 0 Å². The van der Waals surface area contributed by atoms with Crippen molar-refractivity contribution >= 4 is 17.5 Å². The SMILES string of the molecule is CCN(CC(=O)Nc1ccc(OC)cc1)CC(=O)N(C)Cc1ccccc1F. The first-order valence-electron chi connectivity index (χ1n) is 9.06. The van der Waals surface area contributed by atoms with Crippen molar-refractivity contribution in [3.05, 3.63) is 59.9 Å². The third-order valence-corrected chi connectivity index (χ3v) is 4.34. The molecule has 0 saturated carbocycles. The van der Waals surface area contributed by atoms with Crippen molar-refractivity contribution in [1.29, 1.82) is 0 Å². The topological polar surface area (TPSA) is 61.9 Å². The van der Waals surface area contributed by atoms with Crippen molar-refractivity contribution in [2.24, 2.45) is 0 Å². The summed E-state index contributed by atoms with van der Waals surface area (Å²) in [4.78, 5) is 27.9. The molecule has 0 aliphatic rings. The number of anilines is 1. The highest BCUT2D eigenvalue weighted by Crippen LogP contribution is 2.15. The van der Waals surface area contributed by atoms with Crippen LogP contribution in [0, 0.1) is 5.82 Å². The van der Waals surface area contributed by atoms with E-state index in [2.05, 4.69) is 5.32 Å². The molecule has 0 atom stereocenters. The zero-order chi connectivity index (χ0) is 20.5. The Labute approximate surface area is 164 Å². The number of halogens is 1. The predicted octanol–water partition coefficient (Wildman–Crippen LogP) is 2.75. The molecule has 2 aromatic rings. The van der Waals surface area contributed by atoms with Crippen LogP contribution in [0.2, 0.25) is 0 Å². The molecule has 0 aliphatic carbocycles. The molecule has 28 heavy (non-hydrogen) atoms.